The van der Waals surface area contributed by atoms with Gasteiger partial charge in [-0.05, 0) is 18.6 Å². The van der Waals surface area contributed by atoms with Gasteiger partial charge in [0.25, 0.3) is 11.1 Å². The molecule has 0 aliphatic heterocycles. The highest BCUT2D eigenvalue weighted by Crippen LogP contribution is 2.17. The second-order valence-corrected chi connectivity index (χ2v) is 4.43. The van der Waals surface area contributed by atoms with E-state index in [1.54, 1.807) is 6.07 Å². The molecule has 1 amide bonds. The molecule has 2 rings (SSSR count). The predicted octanol–water partition coefficient (Wildman–Crippen LogP) is 0.410. The number of hydrogen-bond donors (Lipinski definition) is 4. The summed E-state index contributed by atoms with van der Waals surface area (Å²) in [6, 6.07) is 4.53. The van der Waals surface area contributed by atoms with Crippen LogP contribution in [0.4, 0.5) is 5.69 Å². The van der Waals surface area contributed by atoms with Gasteiger partial charge in [0.05, 0.1) is 16.5 Å². The van der Waals surface area contributed by atoms with Crippen molar-refractivity contribution in [2.45, 2.75) is 19.3 Å². The van der Waals surface area contributed by atoms with E-state index in [2.05, 4.69) is 15.5 Å². The Balaban J connectivity index is 2.25. The number of aromatic nitrogens is 2. The van der Waals surface area contributed by atoms with Gasteiger partial charge in [-0.25, -0.2) is 0 Å². The van der Waals surface area contributed by atoms with E-state index in [1.807, 2.05) is 0 Å². The van der Waals surface area contributed by atoms with Crippen LogP contribution in [-0.4, -0.2) is 27.2 Å². The molecule has 1 aromatic heterocycles. The molecule has 0 atom stereocenters. The van der Waals surface area contributed by atoms with Crippen molar-refractivity contribution >= 4 is 28.3 Å². The maximum absolute atomic E-state index is 11.8. The lowest BCUT2D eigenvalue weighted by Crippen LogP contribution is -2.21. The number of fused-ring (bicyclic) bond motifs is 1. The summed E-state index contributed by atoms with van der Waals surface area (Å²) in [7, 11) is 0. The fraction of sp³-hybridized carbons (Fsp3) is 0.231. The Hall–Kier alpha value is -2.90. The minimum Gasteiger partial charge on any atom is -0.481 e. The van der Waals surface area contributed by atoms with E-state index in [-0.39, 0.29) is 35.7 Å². The third-order valence-electron chi connectivity index (χ3n) is 2.89. The van der Waals surface area contributed by atoms with Crippen molar-refractivity contribution in [1.82, 2.24) is 10.2 Å². The molecule has 0 aliphatic rings. The van der Waals surface area contributed by atoms with Gasteiger partial charge >= 0.3 is 5.97 Å². The summed E-state index contributed by atoms with van der Waals surface area (Å²) < 4.78 is 0. The minimum atomic E-state index is -0.976. The highest BCUT2D eigenvalue weighted by molar-refractivity contribution is 6.01. The number of aliphatic carboxylic acids is 1. The van der Waals surface area contributed by atoms with Crippen molar-refractivity contribution in [2.75, 3.05) is 5.32 Å². The molecule has 2 aromatic rings. The van der Waals surface area contributed by atoms with Crippen molar-refractivity contribution in [2.24, 2.45) is 0 Å². The lowest BCUT2D eigenvalue weighted by atomic mass is 10.1. The number of amides is 1. The summed E-state index contributed by atoms with van der Waals surface area (Å²) in [5.74, 6) is -1.39. The molecular weight excluding hydrogens is 278 g/mol. The van der Waals surface area contributed by atoms with Gasteiger partial charge in [-0.1, -0.05) is 6.07 Å². The lowest BCUT2D eigenvalue weighted by Gasteiger charge is -2.07. The Morgan fingerprint density at radius 3 is 2.52 bits per heavy atom. The van der Waals surface area contributed by atoms with Crippen LogP contribution in [0.2, 0.25) is 0 Å². The van der Waals surface area contributed by atoms with Crippen LogP contribution in [-0.2, 0) is 9.59 Å². The third-order valence-corrected chi connectivity index (χ3v) is 2.89. The van der Waals surface area contributed by atoms with E-state index in [4.69, 9.17) is 5.11 Å². The zero-order valence-electron chi connectivity index (χ0n) is 10.9. The quantitative estimate of drug-likeness (QED) is 0.633. The number of carboxylic acids is 1. The Morgan fingerprint density at radius 1 is 1.10 bits per heavy atom. The summed E-state index contributed by atoms with van der Waals surface area (Å²) in [5, 5.41) is 15.7. The molecule has 0 unspecified atom stereocenters. The molecule has 0 aliphatic carbocycles. The zero-order valence-corrected chi connectivity index (χ0v) is 10.9. The molecule has 0 saturated carbocycles. The van der Waals surface area contributed by atoms with E-state index in [0.29, 0.717) is 0 Å². The molecule has 0 saturated heterocycles. The second kappa shape index (κ2) is 6.04. The molecular formula is C13H13N3O5. The summed E-state index contributed by atoms with van der Waals surface area (Å²) in [6.45, 7) is 0. The van der Waals surface area contributed by atoms with Crippen molar-refractivity contribution < 1.29 is 14.7 Å². The molecule has 0 bridgehead atoms. The molecule has 8 heteroatoms. The fourth-order valence-corrected chi connectivity index (χ4v) is 1.95. The molecule has 110 valence electrons. The summed E-state index contributed by atoms with van der Waals surface area (Å²) >= 11 is 0. The molecule has 1 heterocycles. The summed E-state index contributed by atoms with van der Waals surface area (Å²) in [6.07, 6.45) is 0.107. The number of nitrogens with one attached hydrogen (secondary N) is 3. The Labute approximate surface area is 117 Å². The number of anilines is 1. The molecule has 0 fully saturated rings. The summed E-state index contributed by atoms with van der Waals surface area (Å²) in [5.41, 5.74) is -0.766. The smallest absolute Gasteiger partial charge is 0.303 e. The SMILES string of the molecule is O=C(O)CCCC(=O)Nc1cccc2c(=O)[nH][nH]c(=O)c12. The zero-order chi connectivity index (χ0) is 15.4. The van der Waals surface area contributed by atoms with Gasteiger partial charge in [0, 0.05) is 12.8 Å². The second-order valence-electron chi connectivity index (χ2n) is 4.43. The van der Waals surface area contributed by atoms with Crippen molar-refractivity contribution in [3.8, 4) is 0 Å². The normalized spacial score (nSPS) is 10.5. The van der Waals surface area contributed by atoms with Crippen molar-refractivity contribution in [3.05, 3.63) is 38.9 Å². The number of aromatic amines is 2. The average Bonchev–Trinajstić information content (AvgIpc) is 2.42. The number of rotatable bonds is 5. The maximum Gasteiger partial charge on any atom is 0.303 e. The molecule has 0 spiro atoms. The van der Waals surface area contributed by atoms with Gasteiger partial charge in [-0.3, -0.25) is 29.4 Å². The third kappa shape index (κ3) is 3.35. The molecule has 8 nitrogen and oxygen atoms in total. The average molecular weight is 291 g/mol. The van der Waals surface area contributed by atoms with Gasteiger partial charge in [0.1, 0.15) is 0 Å². The van der Waals surface area contributed by atoms with E-state index in [9.17, 15) is 19.2 Å². The first kappa shape index (κ1) is 14.5. The van der Waals surface area contributed by atoms with Crippen molar-refractivity contribution in [1.29, 1.82) is 0 Å². The van der Waals surface area contributed by atoms with Gasteiger partial charge in [-0.2, -0.15) is 0 Å². The van der Waals surface area contributed by atoms with Crippen molar-refractivity contribution in [3.63, 3.8) is 0 Å². The number of carboxylic acid groups (broad SMARTS) is 1. The van der Waals surface area contributed by atoms with Gasteiger partial charge in [0.2, 0.25) is 5.91 Å². The first-order valence-electron chi connectivity index (χ1n) is 6.24. The first-order chi connectivity index (χ1) is 9.99. The maximum atomic E-state index is 11.8. The van der Waals surface area contributed by atoms with Crippen LogP contribution >= 0.6 is 0 Å². The lowest BCUT2D eigenvalue weighted by molar-refractivity contribution is -0.137. The van der Waals surface area contributed by atoms with Gasteiger partial charge < -0.3 is 10.4 Å². The Morgan fingerprint density at radius 2 is 1.81 bits per heavy atom. The van der Waals surface area contributed by atoms with Crippen LogP contribution < -0.4 is 16.4 Å². The first-order valence-corrected chi connectivity index (χ1v) is 6.24. The van der Waals surface area contributed by atoms with Gasteiger partial charge in [0.15, 0.2) is 0 Å². The number of carbonyl (C=O) groups excluding carboxylic acids is 1. The fourth-order valence-electron chi connectivity index (χ4n) is 1.95. The monoisotopic (exact) mass is 291 g/mol. The van der Waals surface area contributed by atoms with Crippen LogP contribution in [0.3, 0.4) is 0 Å². The van der Waals surface area contributed by atoms with Crippen LogP contribution in [0.1, 0.15) is 19.3 Å². The molecule has 0 radical (unpaired) electrons. The number of hydrogen-bond acceptors (Lipinski definition) is 4. The molecule has 4 N–H and O–H groups in total. The molecule has 1 aromatic carbocycles. The molecule has 21 heavy (non-hydrogen) atoms. The number of carbonyl (C=O) groups is 2. The van der Waals surface area contributed by atoms with E-state index in [0.717, 1.165) is 0 Å². The highest BCUT2D eigenvalue weighted by Gasteiger charge is 2.11. The van der Waals surface area contributed by atoms with Crippen LogP contribution in [0.25, 0.3) is 10.8 Å². The van der Waals surface area contributed by atoms with E-state index >= 15 is 0 Å². The predicted molar refractivity (Wildman–Crippen MR) is 75.3 cm³/mol. The minimum absolute atomic E-state index is 0.0176. The Bertz CT molecular complexity index is 805. The summed E-state index contributed by atoms with van der Waals surface area (Å²) in [4.78, 5) is 45.5. The standard InChI is InChI=1S/C13H13N3O5/c17-9(5-2-6-10(18)19)14-8-4-1-3-7-11(8)13(21)16-15-12(7)20/h1,3-4H,2,5-6H2,(H,14,17)(H,15,20)(H,16,21)(H,18,19). The highest BCUT2D eigenvalue weighted by atomic mass is 16.4. The number of H-pyrrole nitrogens is 2. The largest absolute Gasteiger partial charge is 0.481 e. The topological polar surface area (TPSA) is 132 Å². The van der Waals surface area contributed by atoms with Crippen LogP contribution in [0.5, 0.6) is 0 Å². The van der Waals surface area contributed by atoms with Crippen LogP contribution in [0.15, 0.2) is 27.8 Å². The van der Waals surface area contributed by atoms with E-state index in [1.165, 1.54) is 12.1 Å². The number of benzene rings is 1. The van der Waals surface area contributed by atoms with Gasteiger partial charge in [-0.15, -0.1) is 0 Å². The van der Waals surface area contributed by atoms with Crippen LogP contribution in [0, 0.1) is 0 Å². The van der Waals surface area contributed by atoms with E-state index < -0.39 is 23.0 Å². The Kier molecular flexibility index (Phi) is 4.17.